The number of hydrogen-bond donors (Lipinski definition) is 2. The molecule has 0 aliphatic heterocycles. The molecule has 0 spiro atoms. The van der Waals surface area contributed by atoms with Gasteiger partial charge in [0, 0.05) is 5.41 Å². The molecule has 0 amide bonds. The molecule has 0 bridgehead atoms. The van der Waals surface area contributed by atoms with E-state index < -0.39 is 11.2 Å². The van der Waals surface area contributed by atoms with Crippen molar-refractivity contribution in [3.8, 4) is 0 Å². The van der Waals surface area contributed by atoms with E-state index in [2.05, 4.69) is 46.4 Å². The van der Waals surface area contributed by atoms with Crippen LogP contribution < -0.4 is 0 Å². The van der Waals surface area contributed by atoms with Crippen LogP contribution in [0.4, 0.5) is 0 Å². The molecule has 8 rings (SSSR count). The van der Waals surface area contributed by atoms with Gasteiger partial charge in [-0.05, 0) is 181 Å². The molecule has 0 saturated heterocycles. The molecule has 8 aliphatic rings. The number of Topliss-reactive ketones (excluding diaryl/α,β-unsaturated/α-hetero) is 1. The van der Waals surface area contributed by atoms with Crippen LogP contribution in [0.1, 0.15) is 150 Å². The maximum absolute atomic E-state index is 12.3. The van der Waals surface area contributed by atoms with Gasteiger partial charge in [-0.3, -0.25) is 4.79 Å². The lowest BCUT2D eigenvalue weighted by atomic mass is 9.45. The first-order valence-corrected chi connectivity index (χ1v) is 19.8. The fraction of sp³-hybridized carbons (Fsp3) is 0.837. The average Bonchev–Trinajstić information content (AvgIpc) is 3.47. The standard InChI is InChI=1S/C22H34O2.C21H32O/c1-14-13-16-18(20(3)10-6-5-7-17(14)20)8-11-21(4)19(16)9-12-22(21,24)15(2)23;1-3-12-21(22)14-11-19-18-9-8-15-6-4-5-7-16(15)17(18)10-13-20(19,21)2/h7,14,16,18-19,24H,5-6,8-13H2,1-4H3;3,6,16-19,22H,1,4-5,7-14H2,2H3/t14-,16+,18-,19-,20-,21-,22-;16-,17+,18+,19-,20-,21-/m00/s1. The molecule has 0 aromatic heterocycles. The summed E-state index contributed by atoms with van der Waals surface area (Å²) >= 11 is 0. The van der Waals surface area contributed by atoms with Crippen LogP contribution in [0.5, 0.6) is 0 Å². The highest BCUT2D eigenvalue weighted by Gasteiger charge is 2.66. The second kappa shape index (κ2) is 11.7. The molecule has 0 heterocycles. The summed E-state index contributed by atoms with van der Waals surface area (Å²) in [5.74, 6) is 6.07. The van der Waals surface area contributed by atoms with Crippen molar-refractivity contribution in [2.75, 3.05) is 0 Å². The number of allylic oxidation sites excluding steroid dienone is 4. The largest absolute Gasteiger partial charge is 0.389 e. The van der Waals surface area contributed by atoms with Crippen LogP contribution in [0.2, 0.25) is 0 Å². The highest BCUT2D eigenvalue weighted by atomic mass is 16.3. The smallest absolute Gasteiger partial charge is 0.161 e. The number of carbonyl (C=O) groups excluding carboxylic acids is 1. The summed E-state index contributed by atoms with van der Waals surface area (Å²) in [6.45, 7) is 15.1. The normalized spacial score (nSPS) is 52.2. The monoisotopic (exact) mass is 631 g/mol. The molecule has 0 aromatic carbocycles. The number of ketones is 1. The Labute approximate surface area is 281 Å². The first-order valence-electron chi connectivity index (χ1n) is 19.8. The molecule has 6 saturated carbocycles. The van der Waals surface area contributed by atoms with Gasteiger partial charge in [-0.25, -0.2) is 0 Å². The van der Waals surface area contributed by atoms with Crippen molar-refractivity contribution in [2.45, 2.75) is 161 Å². The molecule has 0 radical (unpaired) electrons. The molecule has 6 fully saturated rings. The second-order valence-corrected chi connectivity index (χ2v) is 18.7. The molecule has 0 unspecified atom stereocenters. The molecule has 13 atom stereocenters. The van der Waals surface area contributed by atoms with Crippen LogP contribution in [0, 0.1) is 63.6 Å². The molecule has 2 N–H and O–H groups in total. The minimum absolute atomic E-state index is 0.000675. The Morgan fingerprint density at radius 3 is 2.28 bits per heavy atom. The first kappa shape index (κ1) is 33.3. The Hall–Kier alpha value is -1.19. The summed E-state index contributed by atoms with van der Waals surface area (Å²) in [5.41, 5.74) is 2.29. The predicted molar refractivity (Wildman–Crippen MR) is 188 cm³/mol. The number of carbonyl (C=O) groups is 1. The minimum atomic E-state index is -1.07. The lowest BCUT2D eigenvalue weighted by Gasteiger charge is -2.60. The summed E-state index contributed by atoms with van der Waals surface area (Å²) < 4.78 is 0. The Kier molecular flexibility index (Phi) is 8.48. The van der Waals surface area contributed by atoms with Crippen LogP contribution in [0.25, 0.3) is 0 Å². The Bertz CT molecular complexity index is 1280. The first-order chi connectivity index (χ1) is 21.8. The van der Waals surface area contributed by atoms with Gasteiger partial charge in [-0.1, -0.05) is 57.1 Å². The molecular weight excluding hydrogens is 564 g/mol. The van der Waals surface area contributed by atoms with Gasteiger partial charge in [0.2, 0.25) is 0 Å². The number of aliphatic hydroxyl groups is 2. The van der Waals surface area contributed by atoms with E-state index in [9.17, 15) is 15.0 Å². The number of rotatable bonds is 3. The van der Waals surface area contributed by atoms with E-state index in [0.717, 1.165) is 55.3 Å². The van der Waals surface area contributed by atoms with E-state index >= 15 is 0 Å². The van der Waals surface area contributed by atoms with Gasteiger partial charge in [-0.15, -0.1) is 6.58 Å². The fourth-order valence-electron chi connectivity index (χ4n) is 14.8. The minimum Gasteiger partial charge on any atom is -0.389 e. The molecule has 46 heavy (non-hydrogen) atoms. The third-order valence-electron chi connectivity index (χ3n) is 17.3. The summed E-state index contributed by atoms with van der Waals surface area (Å²) in [6.07, 6.45) is 28.7. The third kappa shape index (κ3) is 4.65. The van der Waals surface area contributed by atoms with Gasteiger partial charge in [0.15, 0.2) is 5.78 Å². The SMILES string of the molecule is C=CC[C@]1(O)CC[C@H]2[C@@H]3CCC4=CCCC[C@@H]4[C@H]3CC[C@@]21C.CC(=O)[C@@]1(O)CC[C@H]2[C@@H]3C[C@H](C)C4=CCCC[C@]4(C)[C@H]3CC[C@@]21C. The predicted octanol–water partition coefficient (Wildman–Crippen LogP) is 10.2. The maximum atomic E-state index is 12.3. The molecule has 0 aromatic rings. The van der Waals surface area contributed by atoms with E-state index in [0.29, 0.717) is 29.6 Å². The van der Waals surface area contributed by atoms with E-state index in [-0.39, 0.29) is 16.6 Å². The van der Waals surface area contributed by atoms with E-state index in [1.54, 1.807) is 18.1 Å². The van der Waals surface area contributed by atoms with Gasteiger partial charge in [-0.2, -0.15) is 0 Å². The molecule has 256 valence electrons. The van der Waals surface area contributed by atoms with E-state index in [1.807, 2.05) is 6.08 Å². The molecule has 3 nitrogen and oxygen atoms in total. The van der Waals surface area contributed by atoms with Crippen LogP contribution in [-0.4, -0.2) is 27.2 Å². The van der Waals surface area contributed by atoms with Gasteiger partial charge in [0.1, 0.15) is 5.60 Å². The van der Waals surface area contributed by atoms with Gasteiger partial charge >= 0.3 is 0 Å². The number of hydrogen-bond acceptors (Lipinski definition) is 3. The summed E-state index contributed by atoms with van der Waals surface area (Å²) in [5, 5.41) is 22.5. The van der Waals surface area contributed by atoms with Crippen LogP contribution in [-0.2, 0) is 4.79 Å². The lowest BCUT2D eigenvalue weighted by molar-refractivity contribution is -0.160. The van der Waals surface area contributed by atoms with Crippen LogP contribution >= 0.6 is 0 Å². The molecular formula is C43H66O3. The second-order valence-electron chi connectivity index (χ2n) is 18.7. The van der Waals surface area contributed by atoms with Crippen molar-refractivity contribution >= 4 is 5.78 Å². The zero-order valence-corrected chi connectivity index (χ0v) is 30.1. The Balaban J connectivity index is 0.000000147. The van der Waals surface area contributed by atoms with Crippen molar-refractivity contribution in [3.05, 3.63) is 36.0 Å². The van der Waals surface area contributed by atoms with Gasteiger partial charge in [0.05, 0.1) is 5.60 Å². The summed E-state index contributed by atoms with van der Waals surface area (Å²) in [6, 6.07) is 0. The third-order valence-corrected chi connectivity index (χ3v) is 17.3. The highest BCUT2D eigenvalue weighted by Crippen LogP contribution is 2.69. The number of fused-ring (bicyclic) bond motifs is 10. The Morgan fingerprint density at radius 1 is 0.826 bits per heavy atom. The van der Waals surface area contributed by atoms with Crippen molar-refractivity contribution in [2.24, 2.45) is 63.6 Å². The quantitative estimate of drug-likeness (QED) is 0.305. The molecule has 3 heteroatoms. The highest BCUT2D eigenvalue weighted by molar-refractivity contribution is 5.86. The van der Waals surface area contributed by atoms with Crippen LogP contribution in [0.15, 0.2) is 36.0 Å². The van der Waals surface area contributed by atoms with Gasteiger partial charge in [0.25, 0.3) is 0 Å². The average molecular weight is 631 g/mol. The lowest BCUT2D eigenvalue weighted by Crippen LogP contribution is -2.57. The summed E-state index contributed by atoms with van der Waals surface area (Å²) in [7, 11) is 0. The van der Waals surface area contributed by atoms with Crippen LogP contribution in [0.3, 0.4) is 0 Å². The fourth-order valence-corrected chi connectivity index (χ4v) is 14.8. The van der Waals surface area contributed by atoms with Crippen molar-refractivity contribution < 1.29 is 15.0 Å². The topological polar surface area (TPSA) is 57.5 Å². The van der Waals surface area contributed by atoms with Crippen molar-refractivity contribution in [1.29, 1.82) is 0 Å². The van der Waals surface area contributed by atoms with E-state index in [4.69, 9.17) is 0 Å². The van der Waals surface area contributed by atoms with Crippen molar-refractivity contribution in [1.82, 2.24) is 0 Å². The zero-order valence-electron chi connectivity index (χ0n) is 30.1. The van der Waals surface area contributed by atoms with E-state index in [1.165, 1.54) is 83.5 Å². The molecule has 8 aliphatic carbocycles. The van der Waals surface area contributed by atoms with Crippen molar-refractivity contribution in [3.63, 3.8) is 0 Å². The maximum Gasteiger partial charge on any atom is 0.161 e. The zero-order chi connectivity index (χ0) is 32.7. The Morgan fingerprint density at radius 2 is 1.52 bits per heavy atom. The summed E-state index contributed by atoms with van der Waals surface area (Å²) in [4.78, 5) is 12.3. The van der Waals surface area contributed by atoms with Gasteiger partial charge < -0.3 is 10.2 Å².